The molecule has 178 valence electrons. The molecule has 0 spiro atoms. The van der Waals surface area contributed by atoms with Crippen LogP contribution < -0.4 is 4.74 Å². The molecule has 2 atom stereocenters. The second-order valence-corrected chi connectivity index (χ2v) is 8.78. The molecule has 0 N–H and O–H groups in total. The number of halogens is 3. The average Bonchev–Trinajstić information content (AvgIpc) is 3.45. The van der Waals surface area contributed by atoms with Crippen molar-refractivity contribution in [1.29, 1.82) is 0 Å². The van der Waals surface area contributed by atoms with Gasteiger partial charge in [-0.25, -0.2) is 0 Å². The summed E-state index contributed by atoms with van der Waals surface area (Å²) in [6.45, 7) is 3.27. The Bertz CT molecular complexity index is 1190. The van der Waals surface area contributed by atoms with E-state index >= 15 is 0 Å². The lowest BCUT2D eigenvalue weighted by molar-refractivity contribution is -0.159. The molecule has 7 nitrogen and oxygen atoms in total. The highest BCUT2D eigenvalue weighted by Crippen LogP contribution is 2.39. The standard InChI is InChI=1S/C24H22F3N3O4/c1-23(9-10-32-14-23)22(31)30-12-17-8-7-16(20-28-21(34-29-20)24(25,26)27)11-19(17)33-13-18(30)15-5-3-2-4-6-15/h2-8,11,18H,9-10,12-14H2,1H3/t18-,23-/m1/s1. The van der Waals surface area contributed by atoms with E-state index in [9.17, 15) is 18.0 Å². The first-order chi connectivity index (χ1) is 16.2. The molecule has 2 aliphatic rings. The number of nitrogens with zero attached hydrogens (tertiary/aromatic N) is 3. The van der Waals surface area contributed by atoms with Gasteiger partial charge >= 0.3 is 12.1 Å². The Kier molecular flexibility index (Phi) is 5.55. The minimum absolute atomic E-state index is 0.0210. The number of rotatable bonds is 3. The fraction of sp³-hybridized carbons (Fsp3) is 0.375. The van der Waals surface area contributed by atoms with Crippen molar-refractivity contribution in [3.8, 4) is 17.1 Å². The van der Waals surface area contributed by atoms with E-state index in [-0.39, 0.29) is 30.9 Å². The Hall–Kier alpha value is -3.40. The Labute approximate surface area is 193 Å². The summed E-state index contributed by atoms with van der Waals surface area (Å²) in [5.74, 6) is -1.16. The van der Waals surface area contributed by atoms with Crippen LogP contribution in [-0.4, -0.2) is 40.8 Å². The third-order valence-corrected chi connectivity index (χ3v) is 6.29. The number of fused-ring (bicyclic) bond motifs is 1. The van der Waals surface area contributed by atoms with Gasteiger partial charge in [0.1, 0.15) is 12.4 Å². The smallest absolute Gasteiger partial charge is 0.471 e. The molecule has 0 saturated carbocycles. The summed E-state index contributed by atoms with van der Waals surface area (Å²) in [4.78, 5) is 19.0. The van der Waals surface area contributed by atoms with Gasteiger partial charge in [0, 0.05) is 17.7 Å². The second-order valence-electron chi connectivity index (χ2n) is 8.78. The molecule has 1 amide bonds. The lowest BCUT2D eigenvalue weighted by Gasteiger charge is -2.35. The van der Waals surface area contributed by atoms with Crippen LogP contribution in [0.1, 0.15) is 36.4 Å². The SMILES string of the molecule is C[C@@]1(C(=O)N2Cc3ccc(-c4noc(C(F)(F)F)n4)cc3OC[C@@H]2c2ccccc2)CCOC1. The maximum atomic E-state index is 13.7. The average molecular weight is 473 g/mol. The monoisotopic (exact) mass is 473 g/mol. The molecule has 0 bridgehead atoms. The molecule has 1 aromatic heterocycles. The summed E-state index contributed by atoms with van der Waals surface area (Å²) >= 11 is 0. The molecule has 1 saturated heterocycles. The van der Waals surface area contributed by atoms with Gasteiger partial charge in [0.25, 0.3) is 0 Å². The molecule has 3 heterocycles. The number of alkyl halides is 3. The molecule has 1 fully saturated rings. The first-order valence-corrected chi connectivity index (χ1v) is 10.9. The summed E-state index contributed by atoms with van der Waals surface area (Å²) in [6.07, 6.45) is -4.09. The molecule has 2 aromatic carbocycles. The number of hydrogen-bond donors (Lipinski definition) is 0. The summed E-state index contributed by atoms with van der Waals surface area (Å²) < 4.78 is 54.5. The predicted molar refractivity (Wildman–Crippen MR) is 114 cm³/mol. The fourth-order valence-electron chi connectivity index (χ4n) is 4.31. The highest BCUT2D eigenvalue weighted by molar-refractivity contribution is 5.83. The molecule has 3 aromatic rings. The van der Waals surface area contributed by atoms with Gasteiger partial charge in [-0.05, 0) is 25.0 Å². The fourth-order valence-corrected chi connectivity index (χ4v) is 4.31. The number of aromatic nitrogens is 2. The van der Waals surface area contributed by atoms with Crippen molar-refractivity contribution in [2.45, 2.75) is 32.1 Å². The molecule has 2 aliphatic heterocycles. The van der Waals surface area contributed by atoms with Crippen molar-refractivity contribution in [1.82, 2.24) is 15.0 Å². The zero-order valence-electron chi connectivity index (χ0n) is 18.3. The zero-order valence-corrected chi connectivity index (χ0v) is 18.3. The minimum Gasteiger partial charge on any atom is -0.491 e. The van der Waals surface area contributed by atoms with Crippen molar-refractivity contribution in [3.63, 3.8) is 0 Å². The van der Waals surface area contributed by atoms with Crippen molar-refractivity contribution in [2.75, 3.05) is 19.8 Å². The van der Waals surface area contributed by atoms with Gasteiger partial charge in [-0.1, -0.05) is 47.6 Å². The number of benzene rings is 2. The van der Waals surface area contributed by atoms with Crippen LogP contribution in [0.25, 0.3) is 11.4 Å². The highest BCUT2D eigenvalue weighted by Gasteiger charge is 2.43. The summed E-state index contributed by atoms with van der Waals surface area (Å²) in [5, 5.41) is 3.45. The van der Waals surface area contributed by atoms with Gasteiger partial charge in [0.05, 0.1) is 24.6 Å². The van der Waals surface area contributed by atoms with Gasteiger partial charge in [0.2, 0.25) is 11.7 Å². The topological polar surface area (TPSA) is 77.7 Å². The van der Waals surface area contributed by atoms with Gasteiger partial charge in [-0.3, -0.25) is 4.79 Å². The molecule has 5 rings (SSSR count). The van der Waals surface area contributed by atoms with Gasteiger partial charge in [0.15, 0.2) is 0 Å². The van der Waals surface area contributed by atoms with E-state index in [4.69, 9.17) is 9.47 Å². The molecule has 0 radical (unpaired) electrons. The Morgan fingerprint density at radius 1 is 1.18 bits per heavy atom. The number of carbonyl (C=O) groups is 1. The van der Waals surface area contributed by atoms with Crippen LogP contribution in [0.3, 0.4) is 0 Å². The number of amides is 1. The predicted octanol–water partition coefficient (Wildman–Crippen LogP) is 4.64. The normalized spacial score (nSPS) is 22.7. The number of ether oxygens (including phenoxy) is 2. The largest absolute Gasteiger partial charge is 0.491 e. The van der Waals surface area contributed by atoms with Crippen LogP contribution in [0.15, 0.2) is 53.1 Å². The quantitative estimate of drug-likeness (QED) is 0.552. The maximum absolute atomic E-state index is 13.7. The third kappa shape index (κ3) is 4.13. The van der Waals surface area contributed by atoms with E-state index in [1.165, 1.54) is 0 Å². The van der Waals surface area contributed by atoms with E-state index < -0.39 is 17.5 Å². The number of hydrogen-bond acceptors (Lipinski definition) is 6. The first-order valence-electron chi connectivity index (χ1n) is 10.9. The van der Waals surface area contributed by atoms with E-state index in [1.54, 1.807) is 18.2 Å². The minimum atomic E-state index is -4.72. The van der Waals surface area contributed by atoms with E-state index in [2.05, 4.69) is 14.7 Å². The molecular formula is C24H22F3N3O4. The Morgan fingerprint density at radius 3 is 2.65 bits per heavy atom. The maximum Gasteiger partial charge on any atom is 0.471 e. The van der Waals surface area contributed by atoms with Gasteiger partial charge < -0.3 is 18.9 Å². The van der Waals surface area contributed by atoms with Crippen molar-refractivity contribution in [2.24, 2.45) is 5.41 Å². The van der Waals surface area contributed by atoms with Gasteiger partial charge in [-0.15, -0.1) is 0 Å². The van der Waals surface area contributed by atoms with Crippen molar-refractivity contribution < 1.29 is 32.0 Å². The Morgan fingerprint density at radius 2 is 1.97 bits per heavy atom. The lowest BCUT2D eigenvalue weighted by Crippen LogP contribution is -2.45. The van der Waals surface area contributed by atoms with E-state index in [0.29, 0.717) is 30.9 Å². The zero-order chi connectivity index (χ0) is 23.9. The van der Waals surface area contributed by atoms with Crippen LogP contribution in [0.5, 0.6) is 5.75 Å². The molecule has 34 heavy (non-hydrogen) atoms. The van der Waals surface area contributed by atoms with Gasteiger partial charge in [-0.2, -0.15) is 18.2 Å². The van der Waals surface area contributed by atoms with E-state index in [0.717, 1.165) is 11.1 Å². The van der Waals surface area contributed by atoms with Crippen molar-refractivity contribution in [3.05, 3.63) is 65.5 Å². The van der Waals surface area contributed by atoms with Crippen LogP contribution in [0.4, 0.5) is 13.2 Å². The molecule has 0 aliphatic carbocycles. The highest BCUT2D eigenvalue weighted by atomic mass is 19.4. The van der Waals surface area contributed by atoms with Crippen molar-refractivity contribution >= 4 is 5.91 Å². The van der Waals surface area contributed by atoms with Crippen LogP contribution >= 0.6 is 0 Å². The van der Waals surface area contributed by atoms with Crippen LogP contribution in [0.2, 0.25) is 0 Å². The summed E-state index contributed by atoms with van der Waals surface area (Å²) in [7, 11) is 0. The molecular weight excluding hydrogens is 451 g/mol. The van der Waals surface area contributed by atoms with Crippen LogP contribution in [0, 0.1) is 5.41 Å². The number of carbonyl (C=O) groups excluding carboxylic acids is 1. The van der Waals surface area contributed by atoms with Crippen LogP contribution in [-0.2, 0) is 22.3 Å². The summed E-state index contributed by atoms with van der Waals surface area (Å²) in [6, 6.07) is 14.2. The Balaban J connectivity index is 1.49. The molecule has 0 unspecified atom stereocenters. The lowest BCUT2D eigenvalue weighted by atomic mass is 9.87. The second kappa shape index (κ2) is 8.43. The van der Waals surface area contributed by atoms with E-state index in [1.807, 2.05) is 42.2 Å². The first kappa shape index (κ1) is 22.4. The summed E-state index contributed by atoms with van der Waals surface area (Å²) in [5.41, 5.74) is 1.36. The third-order valence-electron chi connectivity index (χ3n) is 6.29. The molecule has 10 heteroatoms.